The summed E-state index contributed by atoms with van der Waals surface area (Å²) in [6.07, 6.45) is 0. The van der Waals surface area contributed by atoms with Gasteiger partial charge in [-0.3, -0.25) is 0 Å². The molecule has 14 heavy (non-hydrogen) atoms. The predicted octanol–water partition coefficient (Wildman–Crippen LogP) is -3.92. The Balaban J connectivity index is 4.55. The zero-order chi connectivity index (χ0) is 11.1. The van der Waals surface area contributed by atoms with E-state index in [1.807, 2.05) is 0 Å². The van der Waals surface area contributed by atoms with Crippen LogP contribution in [0.4, 0.5) is 0 Å². The van der Waals surface area contributed by atoms with Gasteiger partial charge in [0.2, 0.25) is 11.9 Å². The zero-order valence-corrected chi connectivity index (χ0v) is 7.25. The first-order chi connectivity index (χ1) is 6.41. The predicted molar refractivity (Wildman–Crippen MR) is 54.9 cm³/mol. The summed E-state index contributed by atoms with van der Waals surface area (Å²) in [7, 11) is 0. The van der Waals surface area contributed by atoms with Gasteiger partial charge in [0.05, 0.1) is 0 Å². The standard InChI is InChI=1S/C4H12N10/c5-1(6)11-3(9)13-14-4(10)12-2(7)8/h(H6,5,6,9,11,13)(H6,7,8,10,12,14). The molecule has 0 unspecified atom stereocenters. The molecule has 0 saturated carbocycles. The van der Waals surface area contributed by atoms with E-state index in [1.54, 1.807) is 0 Å². The second kappa shape index (κ2) is 5.18. The molecule has 0 spiro atoms. The van der Waals surface area contributed by atoms with E-state index in [9.17, 15) is 0 Å². The van der Waals surface area contributed by atoms with Crippen molar-refractivity contribution in [2.24, 2.45) is 54.6 Å². The molecule has 0 saturated heterocycles. The van der Waals surface area contributed by atoms with Gasteiger partial charge in [0, 0.05) is 0 Å². The molecular formula is C4H12N10. The molecule has 0 bridgehead atoms. The molecule has 10 nitrogen and oxygen atoms in total. The first-order valence-corrected chi connectivity index (χ1v) is 3.27. The molecule has 0 rings (SSSR count). The highest BCUT2D eigenvalue weighted by atomic mass is 15.3. The maximum Gasteiger partial charge on any atom is 0.243 e. The molecule has 0 aliphatic rings. The van der Waals surface area contributed by atoms with Crippen LogP contribution in [0.1, 0.15) is 0 Å². The van der Waals surface area contributed by atoms with Crippen molar-refractivity contribution in [2.45, 2.75) is 0 Å². The Hall–Kier alpha value is -2.52. The summed E-state index contributed by atoms with van der Waals surface area (Å²) in [6, 6.07) is 0. The van der Waals surface area contributed by atoms with E-state index in [0.717, 1.165) is 0 Å². The lowest BCUT2D eigenvalue weighted by Gasteiger charge is -1.91. The molecule has 0 aromatic heterocycles. The van der Waals surface area contributed by atoms with Crippen molar-refractivity contribution in [1.82, 2.24) is 0 Å². The van der Waals surface area contributed by atoms with Crippen molar-refractivity contribution in [3.8, 4) is 0 Å². The molecule has 0 aliphatic heterocycles. The minimum atomic E-state index is -0.265. The summed E-state index contributed by atoms with van der Waals surface area (Å²) in [6.45, 7) is 0. The van der Waals surface area contributed by atoms with Crippen molar-refractivity contribution in [1.29, 1.82) is 0 Å². The van der Waals surface area contributed by atoms with Crippen molar-refractivity contribution in [3.63, 3.8) is 0 Å². The quantitative estimate of drug-likeness (QED) is 0.141. The Labute approximate surface area is 79.4 Å². The van der Waals surface area contributed by atoms with Crippen LogP contribution < -0.4 is 34.4 Å². The highest BCUT2D eigenvalue weighted by molar-refractivity contribution is 5.94. The first kappa shape index (κ1) is 11.5. The molecule has 0 heterocycles. The number of rotatable bonds is 1. The molecule has 0 atom stereocenters. The Morgan fingerprint density at radius 3 is 1.07 bits per heavy atom. The van der Waals surface area contributed by atoms with Crippen LogP contribution in [0.5, 0.6) is 0 Å². The zero-order valence-electron chi connectivity index (χ0n) is 7.25. The summed E-state index contributed by atoms with van der Waals surface area (Å²) in [4.78, 5) is 6.71. The fourth-order valence-corrected chi connectivity index (χ4v) is 0.412. The van der Waals surface area contributed by atoms with Gasteiger partial charge < -0.3 is 34.4 Å². The lowest BCUT2D eigenvalue weighted by atomic mass is 10.9. The molecule has 10 heteroatoms. The number of hydrogen-bond acceptors (Lipinski definition) is 2. The van der Waals surface area contributed by atoms with Gasteiger partial charge >= 0.3 is 0 Å². The lowest BCUT2D eigenvalue weighted by Crippen LogP contribution is -2.27. The van der Waals surface area contributed by atoms with Gasteiger partial charge in [0.25, 0.3) is 0 Å². The van der Waals surface area contributed by atoms with E-state index in [-0.39, 0.29) is 23.8 Å². The largest absolute Gasteiger partial charge is 0.370 e. The monoisotopic (exact) mass is 200 g/mol. The van der Waals surface area contributed by atoms with Crippen LogP contribution in [0.15, 0.2) is 20.2 Å². The van der Waals surface area contributed by atoms with E-state index in [1.165, 1.54) is 0 Å². The summed E-state index contributed by atoms with van der Waals surface area (Å²) < 4.78 is 0. The topological polar surface area (TPSA) is 206 Å². The molecule has 0 amide bonds. The molecule has 0 fully saturated rings. The van der Waals surface area contributed by atoms with Gasteiger partial charge in [-0.25, -0.2) is 0 Å². The average Bonchev–Trinajstić information content (AvgIpc) is 1.98. The van der Waals surface area contributed by atoms with E-state index in [0.29, 0.717) is 0 Å². The van der Waals surface area contributed by atoms with E-state index in [4.69, 9.17) is 34.4 Å². The molecule has 0 radical (unpaired) electrons. The van der Waals surface area contributed by atoms with Crippen molar-refractivity contribution >= 4 is 23.8 Å². The normalized spacial score (nSPS) is 12.0. The Morgan fingerprint density at radius 2 is 0.857 bits per heavy atom. The maximum absolute atomic E-state index is 5.18. The smallest absolute Gasteiger partial charge is 0.243 e. The van der Waals surface area contributed by atoms with Gasteiger partial charge in [-0.05, 0) is 0 Å². The van der Waals surface area contributed by atoms with Gasteiger partial charge in [0.15, 0.2) is 11.9 Å². The molecule has 0 aliphatic carbocycles. The summed E-state index contributed by atoms with van der Waals surface area (Å²) in [5.41, 5.74) is 30.4. The second-order valence-electron chi connectivity index (χ2n) is 1.99. The SMILES string of the molecule is NC(N)=NC(N)=NN=C(N)N=C(N)N. The Kier molecular flexibility index (Phi) is 4.25. The van der Waals surface area contributed by atoms with Crippen molar-refractivity contribution in [3.05, 3.63) is 0 Å². The lowest BCUT2D eigenvalue weighted by molar-refractivity contribution is 1.17. The van der Waals surface area contributed by atoms with E-state index < -0.39 is 0 Å². The summed E-state index contributed by atoms with van der Waals surface area (Å²) >= 11 is 0. The van der Waals surface area contributed by atoms with Crippen LogP contribution in [0.2, 0.25) is 0 Å². The van der Waals surface area contributed by atoms with Gasteiger partial charge in [-0.2, -0.15) is 9.98 Å². The second-order valence-corrected chi connectivity index (χ2v) is 1.99. The third-order valence-corrected chi connectivity index (χ3v) is 0.742. The highest BCUT2D eigenvalue weighted by Gasteiger charge is 1.89. The first-order valence-electron chi connectivity index (χ1n) is 3.27. The van der Waals surface area contributed by atoms with Crippen molar-refractivity contribution in [2.75, 3.05) is 0 Å². The fourth-order valence-electron chi connectivity index (χ4n) is 0.412. The van der Waals surface area contributed by atoms with Crippen LogP contribution in [0, 0.1) is 0 Å². The van der Waals surface area contributed by atoms with Crippen LogP contribution >= 0.6 is 0 Å². The number of guanidine groups is 4. The van der Waals surface area contributed by atoms with E-state index >= 15 is 0 Å². The number of nitrogens with zero attached hydrogens (tertiary/aromatic N) is 4. The third kappa shape index (κ3) is 6.21. The highest BCUT2D eigenvalue weighted by Crippen LogP contribution is 1.77. The number of hydrogen-bond donors (Lipinski definition) is 6. The number of aliphatic imine (C=N–C) groups is 2. The van der Waals surface area contributed by atoms with Crippen LogP contribution in [-0.2, 0) is 0 Å². The minimum absolute atomic E-state index is 0.248. The minimum Gasteiger partial charge on any atom is -0.370 e. The maximum atomic E-state index is 5.18. The number of nitrogens with two attached hydrogens (primary N) is 6. The van der Waals surface area contributed by atoms with Crippen LogP contribution in [0.3, 0.4) is 0 Å². The molecule has 0 aromatic carbocycles. The average molecular weight is 200 g/mol. The van der Waals surface area contributed by atoms with Gasteiger partial charge in [-0.15, -0.1) is 10.2 Å². The summed E-state index contributed by atoms with van der Waals surface area (Å²) in [5.74, 6) is -1.03. The van der Waals surface area contributed by atoms with Crippen LogP contribution in [-0.4, -0.2) is 23.8 Å². The third-order valence-electron chi connectivity index (χ3n) is 0.742. The molecular weight excluding hydrogens is 188 g/mol. The van der Waals surface area contributed by atoms with E-state index in [2.05, 4.69) is 20.2 Å². The molecule has 78 valence electrons. The van der Waals surface area contributed by atoms with Crippen LogP contribution in [0.25, 0.3) is 0 Å². The Bertz CT molecular complexity index is 268. The van der Waals surface area contributed by atoms with Gasteiger partial charge in [0.1, 0.15) is 0 Å². The van der Waals surface area contributed by atoms with Gasteiger partial charge in [-0.1, -0.05) is 0 Å². The summed E-state index contributed by atoms with van der Waals surface area (Å²) in [5, 5.41) is 6.62. The molecule has 12 N–H and O–H groups in total. The van der Waals surface area contributed by atoms with Crippen molar-refractivity contribution < 1.29 is 0 Å². The molecule has 0 aromatic rings. The Morgan fingerprint density at radius 1 is 0.571 bits per heavy atom. The fraction of sp³-hybridized carbons (Fsp3) is 0.